The van der Waals surface area contributed by atoms with Crippen LogP contribution in [0.15, 0.2) is 18.3 Å². The first-order valence-corrected chi connectivity index (χ1v) is 6.25. The van der Waals surface area contributed by atoms with Gasteiger partial charge in [0.1, 0.15) is 5.82 Å². The molecule has 100 valence electrons. The highest BCUT2D eigenvalue weighted by atomic mass is 35.5. The number of nitrogens with zero attached hydrogens (tertiary/aromatic N) is 1. The van der Waals surface area contributed by atoms with E-state index in [0.29, 0.717) is 18.2 Å². The highest BCUT2D eigenvalue weighted by molar-refractivity contribution is 5.90. The van der Waals surface area contributed by atoms with Gasteiger partial charge in [0.15, 0.2) is 0 Å². The molecule has 1 fully saturated rings. The van der Waals surface area contributed by atoms with Crippen LogP contribution in [-0.4, -0.2) is 10.9 Å². The number of carbonyl (C=O) groups is 1. The Balaban J connectivity index is 0.00000162. The Labute approximate surface area is 114 Å². The predicted molar refractivity (Wildman–Crippen MR) is 75.7 cm³/mol. The fourth-order valence-electron chi connectivity index (χ4n) is 2.34. The Bertz CT molecular complexity index is 374. The Morgan fingerprint density at radius 1 is 1.33 bits per heavy atom. The van der Waals surface area contributed by atoms with Crippen molar-refractivity contribution in [3.8, 4) is 0 Å². The lowest BCUT2D eigenvalue weighted by molar-refractivity contribution is -0.117. The van der Waals surface area contributed by atoms with Crippen LogP contribution >= 0.6 is 12.4 Å². The van der Waals surface area contributed by atoms with E-state index in [2.05, 4.69) is 10.3 Å². The molecule has 2 rings (SSSR count). The van der Waals surface area contributed by atoms with Crippen molar-refractivity contribution in [1.82, 2.24) is 4.98 Å². The number of aromatic nitrogens is 1. The van der Waals surface area contributed by atoms with E-state index in [4.69, 9.17) is 5.73 Å². The summed E-state index contributed by atoms with van der Waals surface area (Å²) in [6.45, 7) is 0. The standard InChI is InChI=1S/C13H19N3O.ClH/c14-12-7-6-11(9-15-12)16-13(17)8-10-4-2-1-3-5-10;/h6-7,9-10H,1-5,8H2,(H2,14,15)(H,16,17);1H. The van der Waals surface area contributed by atoms with E-state index in [1.807, 2.05) is 0 Å². The molecule has 3 N–H and O–H groups in total. The van der Waals surface area contributed by atoms with E-state index in [9.17, 15) is 4.79 Å². The van der Waals surface area contributed by atoms with Crippen molar-refractivity contribution in [3.63, 3.8) is 0 Å². The summed E-state index contributed by atoms with van der Waals surface area (Å²) in [5, 5.41) is 2.86. The van der Waals surface area contributed by atoms with E-state index in [1.165, 1.54) is 32.1 Å². The van der Waals surface area contributed by atoms with Crippen LogP contribution in [0.1, 0.15) is 38.5 Å². The largest absolute Gasteiger partial charge is 0.384 e. The summed E-state index contributed by atoms with van der Waals surface area (Å²) >= 11 is 0. The van der Waals surface area contributed by atoms with Gasteiger partial charge in [0.2, 0.25) is 5.91 Å². The van der Waals surface area contributed by atoms with Crippen LogP contribution in [0.4, 0.5) is 11.5 Å². The molecule has 1 amide bonds. The molecular formula is C13H20ClN3O. The molecule has 0 unspecified atom stereocenters. The monoisotopic (exact) mass is 269 g/mol. The molecule has 1 aliphatic carbocycles. The molecule has 0 bridgehead atoms. The molecule has 1 aromatic heterocycles. The fraction of sp³-hybridized carbons (Fsp3) is 0.538. The van der Waals surface area contributed by atoms with E-state index in [-0.39, 0.29) is 18.3 Å². The summed E-state index contributed by atoms with van der Waals surface area (Å²) < 4.78 is 0. The van der Waals surface area contributed by atoms with Gasteiger partial charge in [-0.15, -0.1) is 12.4 Å². The lowest BCUT2D eigenvalue weighted by Crippen LogP contribution is -2.18. The van der Waals surface area contributed by atoms with Crippen LogP contribution < -0.4 is 11.1 Å². The second kappa shape index (κ2) is 7.21. The third kappa shape index (κ3) is 4.53. The van der Waals surface area contributed by atoms with Crippen LogP contribution in [0.25, 0.3) is 0 Å². The number of rotatable bonds is 3. The summed E-state index contributed by atoms with van der Waals surface area (Å²) in [4.78, 5) is 15.7. The summed E-state index contributed by atoms with van der Waals surface area (Å²) in [6, 6.07) is 3.47. The van der Waals surface area contributed by atoms with Crippen molar-refractivity contribution in [2.45, 2.75) is 38.5 Å². The van der Waals surface area contributed by atoms with Gasteiger partial charge in [0.05, 0.1) is 11.9 Å². The van der Waals surface area contributed by atoms with Crippen molar-refractivity contribution in [1.29, 1.82) is 0 Å². The topological polar surface area (TPSA) is 68.0 Å². The highest BCUT2D eigenvalue weighted by Gasteiger charge is 2.16. The molecule has 0 saturated heterocycles. The van der Waals surface area contributed by atoms with Crippen LogP contribution in [0.2, 0.25) is 0 Å². The maximum Gasteiger partial charge on any atom is 0.224 e. The van der Waals surface area contributed by atoms with Gasteiger partial charge in [0, 0.05) is 6.42 Å². The van der Waals surface area contributed by atoms with Gasteiger partial charge in [-0.05, 0) is 30.9 Å². The molecule has 1 aliphatic rings. The van der Waals surface area contributed by atoms with Gasteiger partial charge in [-0.25, -0.2) is 4.98 Å². The number of anilines is 2. The summed E-state index contributed by atoms with van der Waals surface area (Å²) in [6.07, 6.45) is 8.45. The van der Waals surface area contributed by atoms with Gasteiger partial charge in [0.25, 0.3) is 0 Å². The smallest absolute Gasteiger partial charge is 0.224 e. The zero-order valence-electron chi connectivity index (χ0n) is 10.4. The predicted octanol–water partition coefficient (Wildman–Crippen LogP) is 2.99. The summed E-state index contributed by atoms with van der Waals surface area (Å²) in [7, 11) is 0. The molecule has 0 atom stereocenters. The van der Waals surface area contributed by atoms with Gasteiger partial charge in [-0.1, -0.05) is 19.3 Å². The normalized spacial score (nSPS) is 15.8. The van der Waals surface area contributed by atoms with E-state index >= 15 is 0 Å². The number of pyridine rings is 1. The first-order chi connectivity index (χ1) is 8.24. The van der Waals surface area contributed by atoms with Crippen molar-refractivity contribution in [3.05, 3.63) is 18.3 Å². The Hall–Kier alpha value is -1.29. The molecule has 4 nitrogen and oxygen atoms in total. The maximum absolute atomic E-state index is 11.8. The minimum absolute atomic E-state index is 0. The number of nitrogen functional groups attached to an aromatic ring is 1. The maximum atomic E-state index is 11.8. The molecule has 18 heavy (non-hydrogen) atoms. The number of carbonyl (C=O) groups excluding carboxylic acids is 1. The molecule has 5 heteroatoms. The zero-order chi connectivity index (χ0) is 12.1. The second-order valence-electron chi connectivity index (χ2n) is 4.73. The lowest BCUT2D eigenvalue weighted by Gasteiger charge is -2.20. The van der Waals surface area contributed by atoms with Crippen LogP contribution in [0.5, 0.6) is 0 Å². The van der Waals surface area contributed by atoms with Gasteiger partial charge in [-0.2, -0.15) is 0 Å². The number of nitrogens with one attached hydrogen (secondary N) is 1. The third-order valence-corrected chi connectivity index (χ3v) is 3.27. The molecule has 1 aromatic rings. The number of halogens is 1. The van der Waals surface area contributed by atoms with E-state index < -0.39 is 0 Å². The third-order valence-electron chi connectivity index (χ3n) is 3.27. The van der Waals surface area contributed by atoms with Crippen molar-refractivity contribution < 1.29 is 4.79 Å². The average molecular weight is 270 g/mol. The molecule has 0 aromatic carbocycles. The van der Waals surface area contributed by atoms with E-state index in [1.54, 1.807) is 18.3 Å². The SMILES string of the molecule is Cl.Nc1ccc(NC(=O)CC2CCCCC2)cn1. The van der Waals surface area contributed by atoms with Crippen LogP contribution in [0, 0.1) is 5.92 Å². The first kappa shape index (κ1) is 14.8. The van der Waals surface area contributed by atoms with E-state index in [0.717, 1.165) is 5.69 Å². The minimum atomic E-state index is 0. The number of hydrogen-bond donors (Lipinski definition) is 2. The number of nitrogens with two attached hydrogens (primary N) is 1. The van der Waals surface area contributed by atoms with Crippen LogP contribution in [0.3, 0.4) is 0 Å². The summed E-state index contributed by atoms with van der Waals surface area (Å²) in [5.74, 6) is 1.12. The molecule has 0 spiro atoms. The van der Waals surface area contributed by atoms with Crippen molar-refractivity contribution in [2.75, 3.05) is 11.1 Å². The fourth-order valence-corrected chi connectivity index (χ4v) is 2.34. The zero-order valence-corrected chi connectivity index (χ0v) is 11.2. The van der Waals surface area contributed by atoms with Gasteiger partial charge in [-0.3, -0.25) is 4.79 Å². The Morgan fingerprint density at radius 2 is 2.06 bits per heavy atom. The molecular weight excluding hydrogens is 250 g/mol. The molecule has 0 radical (unpaired) electrons. The van der Waals surface area contributed by atoms with Crippen LogP contribution in [-0.2, 0) is 4.79 Å². The minimum Gasteiger partial charge on any atom is -0.384 e. The summed E-state index contributed by atoms with van der Waals surface area (Å²) in [5.41, 5.74) is 6.21. The second-order valence-corrected chi connectivity index (χ2v) is 4.73. The Morgan fingerprint density at radius 3 is 2.67 bits per heavy atom. The first-order valence-electron chi connectivity index (χ1n) is 6.25. The quantitative estimate of drug-likeness (QED) is 0.886. The van der Waals surface area contributed by atoms with Crippen molar-refractivity contribution >= 4 is 29.8 Å². The Kier molecular flexibility index (Phi) is 5.92. The van der Waals surface area contributed by atoms with Gasteiger partial charge < -0.3 is 11.1 Å². The molecule has 1 saturated carbocycles. The molecule has 0 aliphatic heterocycles. The lowest BCUT2D eigenvalue weighted by atomic mass is 9.87. The number of amides is 1. The molecule has 1 heterocycles. The van der Waals surface area contributed by atoms with Gasteiger partial charge >= 0.3 is 0 Å². The average Bonchev–Trinajstić information content (AvgIpc) is 2.33. The van der Waals surface area contributed by atoms with Crippen molar-refractivity contribution in [2.24, 2.45) is 5.92 Å². The number of hydrogen-bond acceptors (Lipinski definition) is 3. The highest BCUT2D eigenvalue weighted by Crippen LogP contribution is 2.26.